The maximum atomic E-state index is 12.3. The minimum atomic E-state index is 0.318. The Morgan fingerprint density at radius 1 is 0.758 bits per heavy atom. The Bertz CT molecular complexity index is 1070. The number of Topliss-reactive ketones (excluding diaryl/α,β-unsaturated/α-hetero) is 1. The molecule has 3 aromatic rings. The number of hydrogen-bond donors (Lipinski definition) is 0. The molecular formula is C32H36O. The summed E-state index contributed by atoms with van der Waals surface area (Å²) >= 11 is 0. The van der Waals surface area contributed by atoms with Crippen molar-refractivity contribution < 1.29 is 4.79 Å². The summed E-state index contributed by atoms with van der Waals surface area (Å²) in [4.78, 5) is 12.3. The van der Waals surface area contributed by atoms with Gasteiger partial charge < -0.3 is 0 Å². The quantitative estimate of drug-likeness (QED) is 0.254. The lowest BCUT2D eigenvalue weighted by molar-refractivity contribution is -0.117. The molecule has 0 radical (unpaired) electrons. The van der Waals surface area contributed by atoms with Gasteiger partial charge in [0, 0.05) is 6.42 Å². The fourth-order valence-electron chi connectivity index (χ4n) is 4.69. The third-order valence-electron chi connectivity index (χ3n) is 6.87. The molecule has 4 rings (SSSR count). The number of carbonyl (C=O) groups is 1. The smallest absolute Gasteiger partial charge is 0.159 e. The lowest BCUT2D eigenvalue weighted by Gasteiger charge is -2.19. The summed E-state index contributed by atoms with van der Waals surface area (Å²) in [5, 5.41) is 0. The van der Waals surface area contributed by atoms with Crippen molar-refractivity contribution in [3.05, 3.63) is 89.5 Å². The van der Waals surface area contributed by atoms with E-state index in [1.807, 2.05) is 0 Å². The van der Waals surface area contributed by atoms with Crippen LogP contribution in [-0.4, -0.2) is 5.78 Å². The van der Waals surface area contributed by atoms with Crippen LogP contribution in [-0.2, 0) is 11.2 Å². The van der Waals surface area contributed by atoms with Gasteiger partial charge in [-0.3, -0.25) is 4.79 Å². The molecular weight excluding hydrogens is 400 g/mol. The second kappa shape index (κ2) is 11.3. The fourth-order valence-corrected chi connectivity index (χ4v) is 4.69. The minimum Gasteiger partial charge on any atom is -0.295 e. The van der Waals surface area contributed by atoms with Crippen LogP contribution in [0.4, 0.5) is 0 Å². The molecule has 0 spiro atoms. The van der Waals surface area contributed by atoms with Gasteiger partial charge in [0.15, 0.2) is 5.78 Å². The molecule has 0 aliphatic heterocycles. The Balaban J connectivity index is 1.39. The van der Waals surface area contributed by atoms with Crippen LogP contribution < -0.4 is 0 Å². The van der Waals surface area contributed by atoms with E-state index in [9.17, 15) is 4.79 Å². The highest BCUT2D eigenvalue weighted by molar-refractivity contribution is 6.00. The number of aryl methyl sites for hydroxylation is 1. The van der Waals surface area contributed by atoms with Crippen molar-refractivity contribution in [3.63, 3.8) is 0 Å². The minimum absolute atomic E-state index is 0.318. The number of unbranched alkanes of at least 4 members (excludes halogenated alkanes) is 3. The van der Waals surface area contributed by atoms with E-state index in [1.165, 1.54) is 59.9 Å². The number of rotatable bonds is 8. The number of allylic oxidation sites excluding steroid dienone is 1. The average molecular weight is 437 g/mol. The second-order valence-electron chi connectivity index (χ2n) is 9.65. The molecule has 170 valence electrons. The maximum Gasteiger partial charge on any atom is 0.159 e. The van der Waals surface area contributed by atoms with Gasteiger partial charge in [-0.05, 0) is 76.6 Å². The first kappa shape index (κ1) is 23.2. The summed E-state index contributed by atoms with van der Waals surface area (Å²) < 4.78 is 0. The van der Waals surface area contributed by atoms with E-state index in [4.69, 9.17) is 0 Å². The Morgan fingerprint density at radius 3 is 1.85 bits per heavy atom. The van der Waals surface area contributed by atoms with Gasteiger partial charge in [-0.25, -0.2) is 0 Å². The van der Waals surface area contributed by atoms with Gasteiger partial charge in [-0.1, -0.05) is 106 Å². The van der Waals surface area contributed by atoms with Crippen molar-refractivity contribution in [3.8, 4) is 22.3 Å². The highest BCUT2D eigenvalue weighted by atomic mass is 16.1. The molecule has 3 aromatic carbocycles. The third kappa shape index (κ3) is 6.32. The van der Waals surface area contributed by atoms with E-state index in [2.05, 4.69) is 92.7 Å². The van der Waals surface area contributed by atoms with Crippen molar-refractivity contribution in [2.75, 3.05) is 0 Å². The third-order valence-corrected chi connectivity index (χ3v) is 6.87. The average Bonchev–Trinajstić information content (AvgIpc) is 2.85. The summed E-state index contributed by atoms with van der Waals surface area (Å²) in [5.41, 5.74) is 8.48. The zero-order chi connectivity index (χ0) is 23.0. The van der Waals surface area contributed by atoms with E-state index in [-0.39, 0.29) is 0 Å². The van der Waals surface area contributed by atoms with Crippen LogP contribution in [0.2, 0.25) is 0 Å². The van der Waals surface area contributed by atoms with Gasteiger partial charge in [0.25, 0.3) is 0 Å². The summed E-state index contributed by atoms with van der Waals surface area (Å²) in [6, 6.07) is 26.4. The zero-order valence-corrected chi connectivity index (χ0v) is 20.1. The first-order valence-corrected chi connectivity index (χ1v) is 12.7. The first-order valence-electron chi connectivity index (χ1n) is 12.7. The maximum absolute atomic E-state index is 12.3. The monoisotopic (exact) mass is 436 g/mol. The van der Waals surface area contributed by atoms with Crippen molar-refractivity contribution in [2.24, 2.45) is 5.92 Å². The van der Waals surface area contributed by atoms with E-state index in [0.29, 0.717) is 18.1 Å². The zero-order valence-electron chi connectivity index (χ0n) is 20.1. The lowest BCUT2D eigenvalue weighted by atomic mass is 9.85. The van der Waals surface area contributed by atoms with Crippen molar-refractivity contribution in [1.29, 1.82) is 0 Å². The van der Waals surface area contributed by atoms with Gasteiger partial charge in [0.2, 0.25) is 0 Å². The molecule has 0 N–H and O–H groups in total. The molecule has 0 amide bonds. The number of ketones is 1. The largest absolute Gasteiger partial charge is 0.295 e. The highest BCUT2D eigenvalue weighted by Gasteiger charge is 2.20. The molecule has 1 aliphatic rings. The van der Waals surface area contributed by atoms with Gasteiger partial charge in [-0.15, -0.1) is 0 Å². The Labute approximate surface area is 199 Å². The lowest BCUT2D eigenvalue weighted by Crippen LogP contribution is -2.15. The topological polar surface area (TPSA) is 17.1 Å². The van der Waals surface area contributed by atoms with Gasteiger partial charge >= 0.3 is 0 Å². The van der Waals surface area contributed by atoms with E-state index < -0.39 is 0 Å². The predicted molar refractivity (Wildman–Crippen MR) is 141 cm³/mol. The first-order chi connectivity index (χ1) is 16.1. The van der Waals surface area contributed by atoms with Crippen LogP contribution in [0.5, 0.6) is 0 Å². The van der Waals surface area contributed by atoms with E-state index in [0.717, 1.165) is 24.0 Å². The van der Waals surface area contributed by atoms with Gasteiger partial charge in [-0.2, -0.15) is 0 Å². The molecule has 0 heterocycles. The highest BCUT2D eigenvalue weighted by Crippen LogP contribution is 2.28. The van der Waals surface area contributed by atoms with Crippen LogP contribution in [0, 0.1) is 5.92 Å². The Morgan fingerprint density at radius 2 is 1.30 bits per heavy atom. The van der Waals surface area contributed by atoms with Gasteiger partial charge in [0.05, 0.1) is 0 Å². The number of hydrogen-bond acceptors (Lipinski definition) is 1. The van der Waals surface area contributed by atoms with Crippen molar-refractivity contribution in [1.82, 2.24) is 0 Å². The number of carbonyl (C=O) groups excluding carboxylic acids is 1. The predicted octanol–water partition coefficient (Wildman–Crippen LogP) is 8.92. The molecule has 0 unspecified atom stereocenters. The second-order valence-corrected chi connectivity index (χ2v) is 9.65. The molecule has 1 fully saturated rings. The Hall–Kier alpha value is -2.93. The van der Waals surface area contributed by atoms with Crippen molar-refractivity contribution >= 4 is 11.9 Å². The van der Waals surface area contributed by atoms with Crippen LogP contribution in [0.1, 0.15) is 69.9 Å². The molecule has 33 heavy (non-hydrogen) atoms. The molecule has 0 saturated heterocycles. The SMILES string of the molecule is CCCCCCc1ccc(-c2ccc(-c3ccc(/C=C4/CC[C@@H](C)CC4=O)cc3)cc2)cc1. The van der Waals surface area contributed by atoms with Gasteiger partial charge in [0.1, 0.15) is 0 Å². The molecule has 1 saturated carbocycles. The van der Waals surface area contributed by atoms with Crippen LogP contribution in [0.25, 0.3) is 28.3 Å². The number of benzene rings is 3. The summed E-state index contributed by atoms with van der Waals surface area (Å²) in [7, 11) is 0. The van der Waals surface area contributed by atoms with E-state index >= 15 is 0 Å². The summed E-state index contributed by atoms with van der Waals surface area (Å²) in [5.74, 6) is 0.839. The molecule has 1 atom stereocenters. The molecule has 1 aliphatic carbocycles. The molecule has 1 heteroatoms. The molecule has 0 aromatic heterocycles. The molecule has 0 bridgehead atoms. The van der Waals surface area contributed by atoms with Crippen molar-refractivity contribution in [2.45, 2.75) is 65.2 Å². The molecule has 1 nitrogen and oxygen atoms in total. The fraction of sp³-hybridized carbons (Fsp3) is 0.344. The van der Waals surface area contributed by atoms with Crippen LogP contribution in [0.15, 0.2) is 78.4 Å². The summed E-state index contributed by atoms with van der Waals surface area (Å²) in [6.45, 7) is 4.42. The normalized spacial score (nSPS) is 17.5. The standard InChI is InChI=1S/C32H36O/c1-3-4-5-6-7-25-9-14-27(15-10-25)29-18-20-30(21-19-29)28-16-11-26(12-17-28)23-31-13-8-24(2)22-32(31)33/h9-12,14-21,23-24H,3-8,13,22H2,1-2H3/b31-23-/t24-/m1/s1. The van der Waals surface area contributed by atoms with Crippen LogP contribution in [0.3, 0.4) is 0 Å². The Kier molecular flexibility index (Phi) is 7.94. The van der Waals surface area contributed by atoms with E-state index in [1.54, 1.807) is 0 Å². The van der Waals surface area contributed by atoms with Crippen LogP contribution >= 0.6 is 0 Å². The summed E-state index contributed by atoms with van der Waals surface area (Å²) in [6.07, 6.45) is 11.2.